The van der Waals surface area contributed by atoms with Gasteiger partial charge >= 0.3 is 23.9 Å². The molecule has 16 amide bonds. The molecule has 0 saturated heterocycles. The van der Waals surface area contributed by atoms with Gasteiger partial charge in [-0.25, -0.2) is 4.79 Å². The zero-order chi connectivity index (χ0) is 90.3. The summed E-state index contributed by atoms with van der Waals surface area (Å²) in [7, 11) is 0. The summed E-state index contributed by atoms with van der Waals surface area (Å²) in [6.07, 6.45) is -6.14. The Balaban J connectivity index is 3.57. The topological polar surface area (TPSA) is 817 Å². The van der Waals surface area contributed by atoms with Crippen LogP contribution in [0.2, 0.25) is 0 Å². The smallest absolute Gasteiger partial charge is 0.326 e. The Morgan fingerprint density at radius 3 is 1.13 bits per heavy atom. The third-order valence-corrected chi connectivity index (χ3v) is 17.3. The van der Waals surface area contributed by atoms with Crippen LogP contribution in [0.15, 0.2) is 30.3 Å². The molecule has 0 aliphatic rings. The van der Waals surface area contributed by atoms with Crippen LogP contribution in [0.25, 0.3) is 0 Å². The van der Waals surface area contributed by atoms with E-state index in [1.807, 2.05) is 10.6 Å². The summed E-state index contributed by atoms with van der Waals surface area (Å²) >= 11 is 0. The van der Waals surface area contributed by atoms with Crippen LogP contribution in [-0.4, -0.2) is 284 Å². The number of nitrogens with two attached hydrogens (primary N) is 5. The molecule has 0 heterocycles. The average molecular weight is 1690 g/mol. The van der Waals surface area contributed by atoms with E-state index >= 15 is 0 Å². The summed E-state index contributed by atoms with van der Waals surface area (Å²) in [6.45, 7) is 3.32. The molecule has 0 radical (unpaired) electrons. The molecule has 1 aromatic rings. The lowest BCUT2D eigenvalue weighted by Crippen LogP contribution is -2.61. The molecular weight excluding hydrogens is 1580 g/mol. The van der Waals surface area contributed by atoms with Crippen molar-refractivity contribution in [3.63, 3.8) is 0 Å². The number of benzene rings is 1. The first-order valence-electron chi connectivity index (χ1n) is 37.9. The van der Waals surface area contributed by atoms with E-state index in [-0.39, 0.29) is 51.0 Å². The van der Waals surface area contributed by atoms with E-state index < -0.39 is 299 Å². The molecule has 0 unspecified atom stereocenters. The molecule has 666 valence electrons. The molecule has 0 saturated carbocycles. The molecule has 0 aliphatic heterocycles. The summed E-state index contributed by atoms with van der Waals surface area (Å²) in [4.78, 5) is 264. The first-order chi connectivity index (χ1) is 55.9. The number of guanidine groups is 1. The maximum atomic E-state index is 14.6. The van der Waals surface area contributed by atoms with E-state index in [2.05, 4.69) is 69.1 Å². The van der Waals surface area contributed by atoms with E-state index in [0.29, 0.717) is 24.9 Å². The number of carboxylic acids is 4. The molecule has 48 heteroatoms. The van der Waals surface area contributed by atoms with Gasteiger partial charge in [0.1, 0.15) is 78.5 Å². The van der Waals surface area contributed by atoms with E-state index in [9.17, 15) is 132 Å². The number of carbonyl (C=O) groups excluding carboxylic acids is 16. The lowest BCUT2D eigenvalue weighted by molar-refractivity contribution is -0.147. The second-order valence-electron chi connectivity index (χ2n) is 28.4. The van der Waals surface area contributed by atoms with Gasteiger partial charge in [-0.15, -0.1) is 0 Å². The normalized spacial score (nSPS) is 14.5. The van der Waals surface area contributed by atoms with Gasteiger partial charge in [0.25, 0.3) is 0 Å². The van der Waals surface area contributed by atoms with Crippen molar-refractivity contribution >= 4 is 124 Å². The van der Waals surface area contributed by atoms with Crippen LogP contribution in [-0.2, 0) is 102 Å². The van der Waals surface area contributed by atoms with Gasteiger partial charge < -0.3 is 144 Å². The van der Waals surface area contributed by atoms with Crippen molar-refractivity contribution < 1.29 is 132 Å². The van der Waals surface area contributed by atoms with Crippen molar-refractivity contribution in [2.75, 3.05) is 39.5 Å². The molecule has 48 nitrogen and oxygen atoms in total. The molecule has 1 rings (SSSR count). The van der Waals surface area contributed by atoms with E-state index in [1.54, 1.807) is 58.0 Å². The average Bonchev–Trinajstić information content (AvgIpc) is 0.853. The fourth-order valence-electron chi connectivity index (χ4n) is 11.0. The molecule has 0 spiro atoms. The summed E-state index contributed by atoms with van der Waals surface area (Å²) in [5.41, 5.74) is 28.1. The maximum absolute atomic E-state index is 14.6. The Kier molecular flexibility index (Phi) is 48.7. The SMILES string of the molecule is CC(C)C[C@H](NC(=O)[C@H](CCC(N)=O)NC(=O)[C@H](CCC(=O)O)NC(=O)[C@H](CO)NC(=O)CNC(=O)[C@H](CO)NC(=O)[C@H](CCC(=O)O)NC(=O)[C@@H](N)CCCCN)C(=O)N[C@@H](C)C(=O)N[C@@H](CCC(N)=O)C(=O)N[C@@H](Cc1ccccc1)C(=O)N[C@@H](CCCNC(=N)N)C(=O)N[C@@H](CO)C(=O)N[C@@H](CC(C)C)C(=O)N[C@@H](CC(=O)O)C(=O)O. The largest absolute Gasteiger partial charge is 0.481 e. The number of amides is 16. The second-order valence-corrected chi connectivity index (χ2v) is 28.4. The third-order valence-electron chi connectivity index (χ3n) is 17.3. The van der Waals surface area contributed by atoms with Crippen LogP contribution in [0.5, 0.6) is 0 Å². The predicted octanol–water partition coefficient (Wildman–Crippen LogP) is -10.7. The fourth-order valence-corrected chi connectivity index (χ4v) is 11.0. The van der Waals surface area contributed by atoms with Crippen molar-refractivity contribution in [3.05, 3.63) is 35.9 Å². The van der Waals surface area contributed by atoms with E-state index in [0.717, 1.165) is 6.92 Å². The van der Waals surface area contributed by atoms with Crippen molar-refractivity contribution in [1.82, 2.24) is 79.8 Å². The number of aliphatic hydroxyl groups excluding tert-OH is 3. The molecule has 33 N–H and O–H groups in total. The first kappa shape index (κ1) is 105. The lowest BCUT2D eigenvalue weighted by Gasteiger charge is -2.28. The number of hydrogen-bond donors (Lipinski definition) is 28. The number of primary amides is 2. The predicted molar refractivity (Wildman–Crippen MR) is 415 cm³/mol. The van der Waals surface area contributed by atoms with Gasteiger partial charge in [-0.3, -0.25) is 96.5 Å². The summed E-state index contributed by atoms with van der Waals surface area (Å²) in [5, 5.41) is 110. The number of rotatable bonds is 60. The monoisotopic (exact) mass is 1690 g/mol. The summed E-state index contributed by atoms with van der Waals surface area (Å²) < 4.78 is 0. The van der Waals surface area contributed by atoms with Crippen LogP contribution >= 0.6 is 0 Å². The highest BCUT2D eigenvalue weighted by molar-refractivity contribution is 6.01. The minimum Gasteiger partial charge on any atom is -0.481 e. The van der Waals surface area contributed by atoms with Crippen LogP contribution in [0.4, 0.5) is 0 Å². The van der Waals surface area contributed by atoms with Crippen LogP contribution < -0.4 is 108 Å². The number of aliphatic carboxylic acids is 4. The molecule has 1 aromatic carbocycles. The Labute approximate surface area is 683 Å². The van der Waals surface area contributed by atoms with E-state index in [1.165, 1.54) is 0 Å². The number of carboxylic acid groups (broad SMARTS) is 4. The lowest BCUT2D eigenvalue weighted by atomic mass is 10.0. The minimum atomic E-state index is -1.98. The van der Waals surface area contributed by atoms with Gasteiger partial charge in [-0.2, -0.15) is 0 Å². The molecule has 0 bridgehead atoms. The quantitative estimate of drug-likeness (QED) is 0.0164. The number of hydrogen-bond acceptors (Lipinski definition) is 26. The van der Waals surface area contributed by atoms with Crippen LogP contribution in [0, 0.1) is 17.2 Å². The molecule has 0 fully saturated rings. The van der Waals surface area contributed by atoms with Crippen LogP contribution in [0.3, 0.4) is 0 Å². The maximum Gasteiger partial charge on any atom is 0.326 e. The molecule has 14 atom stereocenters. The highest BCUT2D eigenvalue weighted by atomic mass is 16.4. The van der Waals surface area contributed by atoms with Gasteiger partial charge in [0.05, 0.1) is 38.8 Å². The standard InChI is InChI=1S/C71H115N21O27/c1-34(2)26-44(87-63(111)41(17-21-52(75)97)85-61(109)43(19-23-55(101)102)86-68(116)49(32-94)81-53(98)30-79-59(107)48(31-93)91-64(112)42(18-22-54(99)100)83-58(106)38(73)14-9-10-24-72)65(113)80-36(5)57(105)82-40(16-20-51(74)96)62(110)89-46(28-37-12-7-6-8-13-37)67(115)84-39(15-11-25-78-71(76)77)60(108)92-50(33-95)69(117)88-45(27-35(3)4)66(114)90-47(70(118)119)29-56(103)104/h6-8,12-13,34-36,38-50,93-95H,9-11,14-33,72-73H2,1-5H3,(H2,74,96)(H2,75,97)(H,79,107)(H,80,113)(H,81,98)(H,82,105)(H,83,106)(H,84,115)(H,85,109)(H,86,116)(H,87,111)(H,88,117)(H,89,110)(H,90,114)(H,91,112)(H,92,108)(H,99,100)(H,101,102)(H,103,104)(H,118,119)(H4,76,77,78)/t36-,38-,39-,40-,41-,42-,43-,44-,45-,46-,47-,48-,49-,50-/m0/s1. The Morgan fingerprint density at radius 2 is 0.723 bits per heavy atom. The first-order valence-corrected chi connectivity index (χ1v) is 37.9. The van der Waals surface area contributed by atoms with Crippen molar-refractivity contribution in [2.24, 2.45) is 40.5 Å². The number of carbonyl (C=O) groups is 20. The molecule has 0 aliphatic carbocycles. The Bertz CT molecular complexity index is 3670. The second kappa shape index (κ2) is 55.3. The van der Waals surface area contributed by atoms with Crippen molar-refractivity contribution in [1.29, 1.82) is 5.41 Å². The zero-order valence-corrected chi connectivity index (χ0v) is 66.6. The molecule has 119 heavy (non-hydrogen) atoms. The number of aliphatic hydroxyl groups is 3. The summed E-state index contributed by atoms with van der Waals surface area (Å²) in [5.74, 6) is -25.7. The fraction of sp³-hybridized carbons (Fsp3) is 0.620. The molecular formula is C71H115N21O27. The Morgan fingerprint density at radius 1 is 0.370 bits per heavy atom. The zero-order valence-electron chi connectivity index (χ0n) is 66.6. The highest BCUT2D eigenvalue weighted by Gasteiger charge is 2.38. The third kappa shape index (κ3) is 42.9. The van der Waals surface area contributed by atoms with Crippen molar-refractivity contribution in [2.45, 2.75) is 228 Å². The number of nitrogens with one attached hydrogen (secondary N) is 16. The Hall–Kier alpha value is -12.3. The van der Waals surface area contributed by atoms with Gasteiger partial charge in [0.15, 0.2) is 5.96 Å². The van der Waals surface area contributed by atoms with Crippen LogP contribution in [0.1, 0.15) is 143 Å². The van der Waals surface area contributed by atoms with Gasteiger partial charge in [0, 0.05) is 38.6 Å². The highest BCUT2D eigenvalue weighted by Crippen LogP contribution is 2.14. The van der Waals surface area contributed by atoms with E-state index in [4.69, 9.17) is 34.1 Å². The minimum absolute atomic E-state index is 0.0381. The van der Waals surface area contributed by atoms with Gasteiger partial charge in [-0.05, 0) is 95.1 Å². The number of unbranched alkanes of at least 4 members (excludes halogenated alkanes) is 1. The summed E-state index contributed by atoms with van der Waals surface area (Å²) in [6, 6.07) is -16.2. The van der Waals surface area contributed by atoms with Crippen molar-refractivity contribution in [3.8, 4) is 0 Å². The van der Waals surface area contributed by atoms with Gasteiger partial charge in [-0.1, -0.05) is 64.4 Å². The molecule has 0 aromatic heterocycles. The van der Waals surface area contributed by atoms with Gasteiger partial charge in [0.2, 0.25) is 94.5 Å².